The Morgan fingerprint density at radius 3 is 2.30 bits per heavy atom. The van der Waals surface area contributed by atoms with Gasteiger partial charge < -0.3 is 25.8 Å². The Morgan fingerprint density at radius 1 is 0.957 bits per heavy atom. The zero-order valence-electron chi connectivity index (χ0n) is 25.6. The average Bonchev–Trinajstić information content (AvgIpc) is 3.53. The van der Waals surface area contributed by atoms with E-state index >= 15 is 0 Å². The second-order valence-corrected chi connectivity index (χ2v) is 13.3. The normalized spacial score (nSPS) is 11.8. The number of hydrogen-bond donors (Lipinski definition) is 4. The molecule has 0 radical (unpaired) electrons. The van der Waals surface area contributed by atoms with Crippen LogP contribution in [-0.2, 0) is 29.0 Å². The molecule has 0 bridgehead atoms. The third-order valence-corrected chi connectivity index (χ3v) is 8.65. The maximum absolute atomic E-state index is 13.6. The van der Waals surface area contributed by atoms with E-state index in [0.717, 1.165) is 26.3 Å². The fourth-order valence-electron chi connectivity index (χ4n) is 4.87. The van der Waals surface area contributed by atoms with Gasteiger partial charge in [0.2, 0.25) is 5.91 Å². The summed E-state index contributed by atoms with van der Waals surface area (Å²) in [6, 6.07) is 19.4. The Bertz CT molecular complexity index is 1830. The quantitative estimate of drug-likeness (QED) is 0.103. The summed E-state index contributed by atoms with van der Waals surface area (Å²) in [5.74, 6) is -0.709. The molecule has 0 aliphatic rings. The topological polar surface area (TPSA) is 126 Å². The number of imidazole rings is 1. The van der Waals surface area contributed by atoms with Crippen LogP contribution in [0.2, 0.25) is 0 Å². The Kier molecular flexibility index (Phi) is 10.4. The minimum absolute atomic E-state index is 0.107. The molecule has 0 spiro atoms. The van der Waals surface area contributed by atoms with Gasteiger partial charge in [0, 0.05) is 21.5 Å². The minimum atomic E-state index is -0.921. The van der Waals surface area contributed by atoms with E-state index in [1.807, 2.05) is 18.3 Å². The fraction of sp³-hybridized carbons (Fsp3) is 0.235. The van der Waals surface area contributed by atoms with Crippen molar-refractivity contribution in [3.8, 4) is 5.75 Å². The highest BCUT2D eigenvalue weighted by Crippen LogP contribution is 2.19. The van der Waals surface area contributed by atoms with E-state index in [9.17, 15) is 19.5 Å². The number of hydrogen-bond acceptors (Lipinski definition) is 6. The number of aromatic nitrogens is 2. The molecule has 1 atom stereocenters. The number of aryl methyl sites for hydroxylation is 1. The molecule has 12 heteroatoms. The monoisotopic (exact) mass is 704 g/mol. The smallest absolute Gasteiger partial charge is 0.346 e. The lowest BCUT2D eigenvalue weighted by atomic mass is 10.1. The van der Waals surface area contributed by atoms with Crippen LogP contribution < -0.4 is 20.4 Å². The van der Waals surface area contributed by atoms with Crippen molar-refractivity contribution in [2.24, 2.45) is 0 Å². The van der Waals surface area contributed by atoms with Crippen molar-refractivity contribution >= 4 is 55.8 Å². The Morgan fingerprint density at radius 2 is 1.63 bits per heavy atom. The highest BCUT2D eigenvalue weighted by molar-refractivity contribution is 9.10. The summed E-state index contributed by atoms with van der Waals surface area (Å²) in [5, 5.41) is 18.3. The van der Waals surface area contributed by atoms with Gasteiger partial charge in [0.25, 0.3) is 0 Å². The van der Waals surface area contributed by atoms with E-state index in [0.29, 0.717) is 17.8 Å². The number of aromatic hydroxyl groups is 1. The number of nitrogens with one attached hydrogen (secondary N) is 3. The summed E-state index contributed by atoms with van der Waals surface area (Å²) < 4.78 is 10.5. The number of phenols is 1. The van der Waals surface area contributed by atoms with E-state index < -0.39 is 18.0 Å². The van der Waals surface area contributed by atoms with Crippen molar-refractivity contribution in [2.75, 3.05) is 5.32 Å². The highest BCUT2D eigenvalue weighted by atomic mass is 79.9. The third-order valence-electron chi connectivity index (χ3n) is 7.08. The van der Waals surface area contributed by atoms with Gasteiger partial charge in [-0.2, -0.15) is 4.40 Å². The van der Waals surface area contributed by atoms with Crippen LogP contribution in [0, 0.1) is 6.92 Å². The van der Waals surface area contributed by atoms with Gasteiger partial charge in [0.1, 0.15) is 30.7 Å². The van der Waals surface area contributed by atoms with Crippen LogP contribution in [0.25, 0.3) is 4.96 Å². The van der Waals surface area contributed by atoms with Crippen molar-refractivity contribution < 1.29 is 28.6 Å². The number of urea groups is 1. The lowest BCUT2D eigenvalue weighted by Crippen LogP contribution is -2.49. The van der Waals surface area contributed by atoms with Gasteiger partial charge in [-0.15, -0.1) is 0 Å². The number of rotatable bonds is 11. The summed E-state index contributed by atoms with van der Waals surface area (Å²) in [6.45, 7) is 6.47. The fourth-order valence-corrected chi connectivity index (χ4v) is 6.09. The zero-order chi connectivity index (χ0) is 32.8. The predicted octanol–water partition coefficient (Wildman–Crippen LogP) is 5.73. The molecule has 0 unspecified atom stereocenters. The van der Waals surface area contributed by atoms with Gasteiger partial charge in [0.05, 0.1) is 18.2 Å². The van der Waals surface area contributed by atoms with Gasteiger partial charge >= 0.3 is 17.0 Å². The summed E-state index contributed by atoms with van der Waals surface area (Å²) in [5.41, 5.74) is 3.60. The molecule has 238 valence electrons. The second kappa shape index (κ2) is 14.6. The number of phenolic OH excluding ortho intramolecular Hbond substituents is 1. The molecule has 3 amide bonds. The van der Waals surface area contributed by atoms with Crippen LogP contribution in [0.3, 0.4) is 0 Å². The van der Waals surface area contributed by atoms with Crippen molar-refractivity contribution in [1.29, 1.82) is 0 Å². The average molecular weight is 706 g/mol. The van der Waals surface area contributed by atoms with Crippen LogP contribution in [0.15, 0.2) is 89.7 Å². The lowest BCUT2D eigenvalue weighted by Gasteiger charge is -2.19. The second-order valence-electron chi connectivity index (χ2n) is 11.1. The summed E-state index contributed by atoms with van der Waals surface area (Å²) in [7, 11) is 0. The Hall–Kier alpha value is -4.68. The molecule has 0 saturated heterocycles. The number of halogens is 1. The molecule has 2 heterocycles. The van der Waals surface area contributed by atoms with E-state index in [4.69, 9.17) is 4.74 Å². The number of ether oxygens (including phenoxy) is 1. The molecule has 3 aromatic carbocycles. The molecule has 0 aliphatic heterocycles. The first-order chi connectivity index (χ1) is 22.0. The third kappa shape index (κ3) is 8.52. The van der Waals surface area contributed by atoms with Crippen molar-refractivity contribution in [1.82, 2.24) is 15.2 Å². The van der Waals surface area contributed by atoms with Crippen LogP contribution in [-0.4, -0.2) is 39.7 Å². The number of carbonyl (C=O) groups excluding carboxylic acids is 3. The number of carbonyl (C=O) groups is 3. The number of anilines is 1. The van der Waals surface area contributed by atoms with Crippen LogP contribution in [0.5, 0.6) is 5.75 Å². The van der Waals surface area contributed by atoms with Crippen LogP contribution in [0.1, 0.15) is 45.9 Å². The molecule has 0 saturated carbocycles. The van der Waals surface area contributed by atoms with Crippen LogP contribution >= 0.6 is 27.3 Å². The maximum Gasteiger partial charge on any atom is 0.346 e. The van der Waals surface area contributed by atoms with E-state index in [2.05, 4.69) is 66.1 Å². The van der Waals surface area contributed by atoms with Gasteiger partial charge in [0.15, 0.2) is 5.69 Å². The first-order valence-electron chi connectivity index (χ1n) is 14.7. The van der Waals surface area contributed by atoms with Gasteiger partial charge in [-0.3, -0.25) is 4.79 Å². The summed E-state index contributed by atoms with van der Waals surface area (Å²) >= 11 is 5.16. The van der Waals surface area contributed by atoms with E-state index in [1.54, 1.807) is 61.6 Å². The summed E-state index contributed by atoms with van der Waals surface area (Å²) in [4.78, 5) is 41.1. The van der Waals surface area contributed by atoms with Gasteiger partial charge in [-0.1, -0.05) is 51.5 Å². The number of benzene rings is 3. The lowest BCUT2D eigenvalue weighted by molar-refractivity contribution is -0.506. The molecular weight excluding hydrogens is 670 g/mol. The zero-order valence-corrected chi connectivity index (χ0v) is 28.0. The predicted molar refractivity (Wildman–Crippen MR) is 180 cm³/mol. The Labute approximate surface area is 279 Å². The first kappa shape index (κ1) is 32.7. The largest absolute Gasteiger partial charge is 0.508 e. The molecule has 2 aromatic heterocycles. The number of thiazole rings is 1. The molecule has 5 rings (SSSR count). The van der Waals surface area contributed by atoms with Crippen molar-refractivity contribution in [3.63, 3.8) is 0 Å². The maximum atomic E-state index is 13.6. The SMILES string of the molecule is Cc1c[n+]2cc(CNC(=O)[C@H](Cc3ccc(O)cc3)NC(=O)Nc3ccc(C(=O)OC(C)C)cc3)n(Cc3ccc(Br)cc3)c2s1. The molecule has 4 N–H and O–H groups in total. The highest BCUT2D eigenvalue weighted by Gasteiger charge is 2.25. The van der Waals surface area contributed by atoms with E-state index in [1.165, 1.54) is 17.0 Å². The van der Waals surface area contributed by atoms with Crippen LogP contribution in [0.4, 0.5) is 10.5 Å². The summed E-state index contributed by atoms with van der Waals surface area (Å²) in [6.07, 6.45) is 4.02. The number of amides is 3. The van der Waals surface area contributed by atoms with Gasteiger partial charge in [-0.25, -0.2) is 14.2 Å². The molecule has 5 aromatic rings. The minimum Gasteiger partial charge on any atom is -0.508 e. The van der Waals surface area contributed by atoms with Gasteiger partial charge in [-0.05, 0) is 80.4 Å². The first-order valence-corrected chi connectivity index (χ1v) is 16.3. The molecule has 0 aliphatic carbocycles. The number of fused-ring (bicyclic) bond motifs is 1. The molecular formula is C34H35BrN5O5S+. The molecule has 0 fully saturated rings. The number of esters is 1. The standard InChI is InChI=1S/C34H34BrN5O5S/c1-21(2)45-32(43)25-8-12-27(13-9-25)37-33(44)38-30(16-23-6-14-29(41)15-7-23)31(42)36-17-28-20-39-18-22(3)46-34(39)40(28)19-24-4-10-26(35)11-5-24/h4-15,18,20-21,30H,16-17,19H2,1-3H3,(H3-,36,37,38,41,42,43,44)/p+1/t30-/m0/s1. The Balaban J connectivity index is 1.30. The number of nitrogens with zero attached hydrogens (tertiary/aromatic N) is 2. The van der Waals surface area contributed by atoms with E-state index in [-0.39, 0.29) is 30.7 Å². The van der Waals surface area contributed by atoms with Crippen molar-refractivity contribution in [3.05, 3.63) is 117 Å². The molecule has 10 nitrogen and oxygen atoms in total. The van der Waals surface area contributed by atoms with Crippen molar-refractivity contribution in [2.45, 2.75) is 52.4 Å². The molecule has 46 heavy (non-hydrogen) atoms.